The van der Waals surface area contributed by atoms with Crippen molar-refractivity contribution in [3.05, 3.63) is 71.8 Å². The maximum absolute atomic E-state index is 14.4. The molecule has 2 aliphatic heterocycles. The Bertz CT molecular complexity index is 758. The molecule has 0 aromatic heterocycles. The molecule has 0 saturated carbocycles. The number of carbonyl (C=O) groups is 1. The highest BCUT2D eigenvalue weighted by Gasteiger charge is 2.66. The van der Waals surface area contributed by atoms with Crippen LogP contribution in [0.3, 0.4) is 0 Å². The number of ether oxygens (including phenoxy) is 2. The van der Waals surface area contributed by atoms with Gasteiger partial charge in [-0.1, -0.05) is 60.7 Å². The summed E-state index contributed by atoms with van der Waals surface area (Å²) >= 11 is 0. The fourth-order valence-corrected chi connectivity index (χ4v) is 5.77. The van der Waals surface area contributed by atoms with E-state index in [2.05, 4.69) is 48.5 Å². The van der Waals surface area contributed by atoms with Crippen molar-refractivity contribution in [1.29, 1.82) is 0 Å². The second-order valence-electron chi connectivity index (χ2n) is 8.92. The molecule has 2 aromatic rings. The first-order chi connectivity index (χ1) is 14.6. The second-order valence-corrected chi connectivity index (χ2v) is 8.92. The van der Waals surface area contributed by atoms with E-state index in [1.165, 1.54) is 9.80 Å². The lowest BCUT2D eigenvalue weighted by Crippen LogP contribution is -3.26. The third-order valence-corrected chi connectivity index (χ3v) is 7.05. The SMILES string of the molecule is COCC[NH+]1CC2(c3ccccc3)C[NH+](CCOC)CC(c3ccccc3)(C1)C2=O. The fraction of sp³-hybridized carbons (Fsp3) is 0.480. The summed E-state index contributed by atoms with van der Waals surface area (Å²) in [5.41, 5.74) is 1.33. The third-order valence-electron chi connectivity index (χ3n) is 7.05. The average molecular weight is 411 g/mol. The number of likely N-dealkylation sites (tertiary alicyclic amines) is 2. The molecule has 2 N–H and O–H groups in total. The van der Waals surface area contributed by atoms with Gasteiger partial charge in [0, 0.05) is 14.2 Å². The molecule has 2 fully saturated rings. The summed E-state index contributed by atoms with van der Waals surface area (Å²) < 4.78 is 10.8. The molecule has 0 unspecified atom stereocenters. The zero-order chi connectivity index (χ0) is 21.0. The van der Waals surface area contributed by atoms with Crippen molar-refractivity contribution >= 4 is 5.78 Å². The Hall–Kier alpha value is -2.05. The molecule has 160 valence electrons. The number of hydrogen-bond acceptors (Lipinski definition) is 3. The average Bonchev–Trinajstić information content (AvgIpc) is 2.78. The summed E-state index contributed by atoms with van der Waals surface area (Å²) in [4.78, 5) is 17.3. The van der Waals surface area contributed by atoms with Gasteiger partial charge in [0.05, 0.1) is 39.4 Å². The molecule has 0 atom stereocenters. The molecule has 2 saturated heterocycles. The van der Waals surface area contributed by atoms with Gasteiger partial charge in [-0.15, -0.1) is 0 Å². The van der Waals surface area contributed by atoms with Crippen LogP contribution in [0, 0.1) is 0 Å². The summed E-state index contributed by atoms with van der Waals surface area (Å²) in [6, 6.07) is 20.9. The van der Waals surface area contributed by atoms with Crippen LogP contribution < -0.4 is 9.80 Å². The first-order valence-corrected chi connectivity index (χ1v) is 11.0. The van der Waals surface area contributed by atoms with Gasteiger partial charge in [0.1, 0.15) is 13.1 Å². The molecular weight excluding hydrogens is 376 g/mol. The van der Waals surface area contributed by atoms with E-state index in [0.717, 1.165) is 50.4 Å². The van der Waals surface area contributed by atoms with Crippen molar-refractivity contribution in [2.45, 2.75) is 10.8 Å². The smallest absolute Gasteiger partial charge is 0.176 e. The quantitative estimate of drug-likeness (QED) is 0.618. The molecule has 30 heavy (non-hydrogen) atoms. The lowest BCUT2D eigenvalue weighted by Gasteiger charge is -2.53. The Morgan fingerprint density at radius 1 is 0.700 bits per heavy atom. The van der Waals surface area contributed by atoms with Gasteiger partial charge >= 0.3 is 0 Å². The maximum atomic E-state index is 14.4. The van der Waals surface area contributed by atoms with Gasteiger partial charge in [0.15, 0.2) is 16.6 Å². The predicted octanol–water partition coefficient (Wildman–Crippen LogP) is -0.479. The summed E-state index contributed by atoms with van der Waals surface area (Å²) in [5, 5.41) is 0. The van der Waals surface area contributed by atoms with Crippen LogP contribution >= 0.6 is 0 Å². The van der Waals surface area contributed by atoms with Crippen molar-refractivity contribution in [2.24, 2.45) is 0 Å². The number of hydrogen-bond donors (Lipinski definition) is 2. The third kappa shape index (κ3) is 3.71. The van der Waals surface area contributed by atoms with Crippen LogP contribution in [0.2, 0.25) is 0 Å². The molecular formula is C25H34N2O3+2. The number of rotatable bonds is 8. The number of methoxy groups -OCH3 is 2. The number of carbonyl (C=O) groups excluding carboxylic acids is 1. The number of fused-ring (bicyclic) bond motifs is 2. The number of ketones is 1. The van der Waals surface area contributed by atoms with Crippen molar-refractivity contribution in [3.63, 3.8) is 0 Å². The zero-order valence-electron chi connectivity index (χ0n) is 18.2. The molecule has 2 aliphatic rings. The minimum atomic E-state index is -0.486. The molecule has 4 rings (SSSR count). The van der Waals surface area contributed by atoms with Gasteiger partial charge < -0.3 is 19.3 Å². The molecule has 2 bridgehead atoms. The summed E-state index contributed by atoms with van der Waals surface area (Å²) in [6.07, 6.45) is 0. The van der Waals surface area contributed by atoms with Gasteiger partial charge in [-0.25, -0.2) is 0 Å². The maximum Gasteiger partial charge on any atom is 0.176 e. The van der Waals surface area contributed by atoms with Gasteiger partial charge in [0.25, 0.3) is 0 Å². The Labute approximate surface area is 179 Å². The highest BCUT2D eigenvalue weighted by molar-refractivity contribution is 6.00. The Balaban J connectivity index is 1.84. The van der Waals surface area contributed by atoms with E-state index in [4.69, 9.17) is 9.47 Å². The van der Waals surface area contributed by atoms with Gasteiger partial charge in [-0.2, -0.15) is 0 Å². The van der Waals surface area contributed by atoms with Crippen LogP contribution in [0.25, 0.3) is 0 Å². The monoisotopic (exact) mass is 410 g/mol. The topological polar surface area (TPSA) is 44.4 Å². The highest BCUT2D eigenvalue weighted by atomic mass is 16.5. The molecule has 0 radical (unpaired) electrons. The zero-order valence-corrected chi connectivity index (χ0v) is 18.2. The molecule has 0 aliphatic carbocycles. The predicted molar refractivity (Wildman–Crippen MR) is 116 cm³/mol. The van der Waals surface area contributed by atoms with Crippen LogP contribution in [-0.2, 0) is 25.1 Å². The van der Waals surface area contributed by atoms with Crippen molar-refractivity contribution < 1.29 is 24.1 Å². The van der Waals surface area contributed by atoms with Gasteiger partial charge in [-0.05, 0) is 11.1 Å². The van der Waals surface area contributed by atoms with Crippen LogP contribution in [0.4, 0.5) is 0 Å². The van der Waals surface area contributed by atoms with Crippen LogP contribution in [-0.4, -0.2) is 72.5 Å². The Morgan fingerprint density at radius 3 is 1.40 bits per heavy atom. The molecule has 5 heteroatoms. The minimum Gasteiger partial charge on any atom is -0.379 e. The summed E-state index contributed by atoms with van der Waals surface area (Å²) in [6.45, 7) is 6.54. The molecule has 5 nitrogen and oxygen atoms in total. The van der Waals surface area contributed by atoms with E-state index < -0.39 is 10.8 Å². The van der Waals surface area contributed by atoms with Crippen LogP contribution in [0.1, 0.15) is 11.1 Å². The number of Topliss-reactive ketones (excluding diaryl/α,β-unsaturated/α-hetero) is 1. The molecule has 2 aromatic carbocycles. The number of benzene rings is 2. The first-order valence-electron chi connectivity index (χ1n) is 11.0. The Morgan fingerprint density at radius 2 is 1.07 bits per heavy atom. The van der Waals surface area contributed by atoms with E-state index in [1.807, 2.05) is 12.1 Å². The summed E-state index contributed by atoms with van der Waals surface area (Å²) in [5.74, 6) is 0.398. The standard InChI is InChI=1S/C25H32N2O3/c1-29-15-13-26-17-24(21-9-5-3-6-10-21)19-27(14-16-30-2)20-25(18-26,23(24)28)22-11-7-4-8-12-22/h3-12H,13-20H2,1-2H3/p+2. The minimum absolute atomic E-state index is 0.398. The van der Waals surface area contributed by atoms with E-state index >= 15 is 0 Å². The lowest BCUT2D eigenvalue weighted by atomic mass is 9.57. The second kappa shape index (κ2) is 8.98. The van der Waals surface area contributed by atoms with E-state index in [0.29, 0.717) is 19.0 Å². The largest absolute Gasteiger partial charge is 0.379 e. The van der Waals surface area contributed by atoms with Crippen molar-refractivity contribution in [2.75, 3.05) is 66.7 Å². The van der Waals surface area contributed by atoms with Crippen LogP contribution in [0.15, 0.2) is 60.7 Å². The molecule has 0 amide bonds. The van der Waals surface area contributed by atoms with E-state index in [1.54, 1.807) is 14.2 Å². The molecule has 0 spiro atoms. The fourth-order valence-electron chi connectivity index (χ4n) is 5.77. The summed E-state index contributed by atoms with van der Waals surface area (Å²) in [7, 11) is 3.51. The highest BCUT2D eigenvalue weighted by Crippen LogP contribution is 2.38. The van der Waals surface area contributed by atoms with E-state index in [-0.39, 0.29) is 0 Å². The van der Waals surface area contributed by atoms with Crippen molar-refractivity contribution in [1.82, 2.24) is 0 Å². The number of nitrogens with one attached hydrogen (secondary N) is 2. The number of piperidine rings is 2. The number of quaternary nitrogens is 2. The van der Waals surface area contributed by atoms with Gasteiger partial charge in [-0.3, -0.25) is 4.79 Å². The normalized spacial score (nSPS) is 30.9. The van der Waals surface area contributed by atoms with Crippen LogP contribution in [0.5, 0.6) is 0 Å². The van der Waals surface area contributed by atoms with E-state index in [9.17, 15) is 4.79 Å². The van der Waals surface area contributed by atoms with Gasteiger partial charge in [0.2, 0.25) is 0 Å². The lowest BCUT2D eigenvalue weighted by molar-refractivity contribution is -0.955. The van der Waals surface area contributed by atoms with Crippen molar-refractivity contribution in [3.8, 4) is 0 Å². The Kier molecular flexibility index (Phi) is 6.34. The first kappa shape index (κ1) is 21.2. The molecule has 2 heterocycles.